The molecule has 0 bridgehead atoms. The number of rotatable bonds is 4. The molecule has 0 unspecified atom stereocenters. The maximum absolute atomic E-state index is 12.1. The van der Waals surface area contributed by atoms with Gasteiger partial charge in [0.1, 0.15) is 11.5 Å². The van der Waals surface area contributed by atoms with Crippen molar-refractivity contribution in [3.8, 4) is 23.0 Å². The highest BCUT2D eigenvalue weighted by Crippen LogP contribution is 2.32. The number of carbonyl (C=O) groups excluding carboxylic acids is 1. The van der Waals surface area contributed by atoms with Crippen molar-refractivity contribution in [2.24, 2.45) is 0 Å². The van der Waals surface area contributed by atoms with Crippen LogP contribution in [-0.2, 0) is 6.42 Å². The number of ether oxygens (including phenoxy) is 1. The van der Waals surface area contributed by atoms with Gasteiger partial charge in [0.25, 0.3) is 0 Å². The molecule has 104 valence electrons. The second-order valence-corrected chi connectivity index (χ2v) is 4.31. The number of hydrogen-bond donors (Lipinski definition) is 3. The van der Waals surface area contributed by atoms with E-state index >= 15 is 0 Å². The molecule has 2 rings (SSSR count). The van der Waals surface area contributed by atoms with Crippen molar-refractivity contribution in [3.05, 3.63) is 47.5 Å². The van der Waals surface area contributed by atoms with E-state index in [0.717, 1.165) is 17.7 Å². The van der Waals surface area contributed by atoms with Gasteiger partial charge in [0, 0.05) is 12.5 Å². The molecule has 5 nitrogen and oxygen atoms in total. The van der Waals surface area contributed by atoms with E-state index in [4.69, 9.17) is 4.74 Å². The number of methoxy groups -OCH3 is 1. The van der Waals surface area contributed by atoms with Crippen LogP contribution in [-0.4, -0.2) is 28.2 Å². The van der Waals surface area contributed by atoms with Crippen LogP contribution in [0.4, 0.5) is 0 Å². The van der Waals surface area contributed by atoms with Gasteiger partial charge in [-0.25, -0.2) is 0 Å². The van der Waals surface area contributed by atoms with Gasteiger partial charge in [-0.1, -0.05) is 12.1 Å². The van der Waals surface area contributed by atoms with E-state index in [1.165, 1.54) is 0 Å². The molecule has 0 radical (unpaired) electrons. The van der Waals surface area contributed by atoms with Gasteiger partial charge in [0.15, 0.2) is 17.3 Å². The molecule has 20 heavy (non-hydrogen) atoms. The summed E-state index contributed by atoms with van der Waals surface area (Å²) in [5.74, 6) is -0.947. The van der Waals surface area contributed by atoms with Gasteiger partial charge < -0.3 is 20.1 Å². The van der Waals surface area contributed by atoms with Gasteiger partial charge in [0.05, 0.1) is 12.7 Å². The summed E-state index contributed by atoms with van der Waals surface area (Å²) < 4.78 is 5.02. The fraction of sp³-hybridized carbons (Fsp3) is 0.133. The lowest BCUT2D eigenvalue weighted by atomic mass is 10.0. The van der Waals surface area contributed by atoms with Gasteiger partial charge in [0.2, 0.25) is 0 Å². The number of Topliss-reactive ketones (excluding diaryl/α,β-unsaturated/α-hetero) is 1. The van der Waals surface area contributed by atoms with Gasteiger partial charge in [-0.2, -0.15) is 0 Å². The average Bonchev–Trinajstić information content (AvgIpc) is 2.43. The van der Waals surface area contributed by atoms with E-state index in [-0.39, 0.29) is 23.5 Å². The van der Waals surface area contributed by atoms with Crippen molar-refractivity contribution in [3.63, 3.8) is 0 Å². The molecule has 0 amide bonds. The van der Waals surface area contributed by atoms with E-state index in [2.05, 4.69) is 0 Å². The Balaban J connectivity index is 2.21. The monoisotopic (exact) mass is 274 g/mol. The van der Waals surface area contributed by atoms with Crippen molar-refractivity contribution in [2.45, 2.75) is 6.42 Å². The average molecular weight is 274 g/mol. The zero-order valence-corrected chi connectivity index (χ0v) is 10.8. The van der Waals surface area contributed by atoms with Gasteiger partial charge in [-0.15, -0.1) is 0 Å². The Morgan fingerprint density at radius 1 is 1.00 bits per heavy atom. The van der Waals surface area contributed by atoms with Crippen LogP contribution in [0.25, 0.3) is 0 Å². The van der Waals surface area contributed by atoms with Gasteiger partial charge >= 0.3 is 0 Å². The molecule has 2 aromatic carbocycles. The lowest BCUT2D eigenvalue weighted by molar-refractivity contribution is 0.0990. The Labute approximate surface area is 115 Å². The third kappa shape index (κ3) is 2.83. The standard InChI is InChI=1S/C15H14O5/c1-20-10-4-2-9(3-5-10)6-12(16)11-7-14(18)15(19)8-13(11)17/h2-5,7-8,17-19H,6H2,1H3. The van der Waals surface area contributed by atoms with Crippen molar-refractivity contribution >= 4 is 5.78 Å². The summed E-state index contributed by atoms with van der Waals surface area (Å²) in [4.78, 5) is 12.1. The minimum atomic E-state index is -0.469. The van der Waals surface area contributed by atoms with E-state index in [1.54, 1.807) is 31.4 Å². The molecule has 0 aliphatic carbocycles. The molecular weight excluding hydrogens is 260 g/mol. The molecule has 5 heteroatoms. The van der Waals surface area contributed by atoms with E-state index in [0.29, 0.717) is 5.75 Å². The summed E-state index contributed by atoms with van der Waals surface area (Å²) >= 11 is 0. The fourth-order valence-corrected chi connectivity index (χ4v) is 1.81. The first-order valence-electron chi connectivity index (χ1n) is 5.92. The number of aromatic hydroxyl groups is 3. The summed E-state index contributed by atoms with van der Waals surface area (Å²) in [5.41, 5.74) is 0.721. The smallest absolute Gasteiger partial charge is 0.171 e. The third-order valence-electron chi connectivity index (χ3n) is 2.92. The fourth-order valence-electron chi connectivity index (χ4n) is 1.81. The Hall–Kier alpha value is -2.69. The van der Waals surface area contributed by atoms with Crippen molar-refractivity contribution in [1.29, 1.82) is 0 Å². The Bertz CT molecular complexity index is 631. The van der Waals surface area contributed by atoms with Crippen LogP contribution in [0.15, 0.2) is 36.4 Å². The van der Waals surface area contributed by atoms with Crippen LogP contribution >= 0.6 is 0 Å². The molecule has 3 N–H and O–H groups in total. The maximum atomic E-state index is 12.1. The second-order valence-electron chi connectivity index (χ2n) is 4.31. The molecule has 0 aliphatic heterocycles. The highest BCUT2D eigenvalue weighted by Gasteiger charge is 2.15. The number of benzene rings is 2. The lowest BCUT2D eigenvalue weighted by Crippen LogP contribution is -2.04. The van der Waals surface area contributed by atoms with E-state index in [1.807, 2.05) is 0 Å². The Morgan fingerprint density at radius 3 is 2.20 bits per heavy atom. The van der Waals surface area contributed by atoms with Crippen molar-refractivity contribution in [1.82, 2.24) is 0 Å². The zero-order valence-electron chi connectivity index (χ0n) is 10.8. The van der Waals surface area contributed by atoms with Crippen LogP contribution in [0.3, 0.4) is 0 Å². The number of phenolic OH excluding ortho intramolecular Hbond substituents is 3. The van der Waals surface area contributed by atoms with Crippen molar-refractivity contribution in [2.75, 3.05) is 7.11 Å². The Morgan fingerprint density at radius 2 is 1.60 bits per heavy atom. The van der Waals surface area contributed by atoms with E-state index in [9.17, 15) is 20.1 Å². The normalized spacial score (nSPS) is 10.2. The zero-order chi connectivity index (χ0) is 14.7. The Kier molecular flexibility index (Phi) is 3.79. The highest BCUT2D eigenvalue weighted by molar-refractivity contribution is 6.00. The molecule has 0 aliphatic rings. The predicted molar refractivity (Wildman–Crippen MR) is 72.5 cm³/mol. The minimum absolute atomic E-state index is 0.0314. The molecule has 0 saturated heterocycles. The van der Waals surface area contributed by atoms with Gasteiger partial charge in [-0.3, -0.25) is 4.79 Å². The molecule has 0 saturated carbocycles. The van der Waals surface area contributed by atoms with Crippen molar-refractivity contribution < 1.29 is 24.9 Å². The van der Waals surface area contributed by atoms with Crippen LogP contribution in [0.2, 0.25) is 0 Å². The molecule has 0 fully saturated rings. The summed E-state index contributed by atoms with van der Waals surface area (Å²) in [6.45, 7) is 0. The first kappa shape index (κ1) is 13.7. The minimum Gasteiger partial charge on any atom is -0.507 e. The first-order chi connectivity index (χ1) is 9.51. The highest BCUT2D eigenvalue weighted by atomic mass is 16.5. The molecular formula is C15H14O5. The quantitative estimate of drug-likeness (QED) is 0.452. The first-order valence-corrected chi connectivity index (χ1v) is 5.92. The third-order valence-corrected chi connectivity index (χ3v) is 2.92. The SMILES string of the molecule is COc1ccc(CC(=O)c2cc(O)c(O)cc2O)cc1. The second kappa shape index (κ2) is 5.52. The largest absolute Gasteiger partial charge is 0.507 e. The summed E-state index contributed by atoms with van der Waals surface area (Å²) in [6, 6.07) is 8.95. The molecule has 2 aromatic rings. The number of carbonyl (C=O) groups is 1. The van der Waals surface area contributed by atoms with Gasteiger partial charge in [-0.05, 0) is 23.8 Å². The van der Waals surface area contributed by atoms with Crippen LogP contribution in [0.1, 0.15) is 15.9 Å². The topological polar surface area (TPSA) is 87.0 Å². The number of hydrogen-bond acceptors (Lipinski definition) is 5. The molecule has 0 spiro atoms. The van der Waals surface area contributed by atoms with Crippen LogP contribution < -0.4 is 4.74 Å². The summed E-state index contributed by atoms with van der Waals surface area (Å²) in [5, 5.41) is 28.2. The maximum Gasteiger partial charge on any atom is 0.171 e. The van der Waals surface area contributed by atoms with Crippen LogP contribution in [0, 0.1) is 0 Å². The molecule has 0 aromatic heterocycles. The number of ketones is 1. The van der Waals surface area contributed by atoms with Crippen LogP contribution in [0.5, 0.6) is 23.0 Å². The molecule has 0 atom stereocenters. The number of phenols is 3. The lowest BCUT2D eigenvalue weighted by Gasteiger charge is -2.07. The summed E-state index contributed by atoms with van der Waals surface area (Å²) in [6.07, 6.45) is 0.0712. The predicted octanol–water partition coefficient (Wildman–Crippen LogP) is 2.24. The summed E-state index contributed by atoms with van der Waals surface area (Å²) in [7, 11) is 1.55. The van der Waals surface area contributed by atoms with E-state index < -0.39 is 11.5 Å². The molecule has 0 heterocycles.